The largest absolute Gasteiger partial charge is 0.359 e. The second-order valence-corrected chi connectivity index (χ2v) is 3.59. The van der Waals surface area contributed by atoms with E-state index in [0.717, 1.165) is 25.7 Å². The van der Waals surface area contributed by atoms with Gasteiger partial charge in [-0.15, -0.1) is 0 Å². The minimum absolute atomic E-state index is 0.160. The summed E-state index contributed by atoms with van der Waals surface area (Å²) >= 11 is 0. The molecule has 1 saturated carbocycles. The summed E-state index contributed by atoms with van der Waals surface area (Å²) in [5.74, 6) is 0.319. The summed E-state index contributed by atoms with van der Waals surface area (Å²) in [6.45, 7) is 0. The van der Waals surface area contributed by atoms with E-state index >= 15 is 0 Å². The number of nitrogens with two attached hydrogens (primary N) is 1. The summed E-state index contributed by atoms with van der Waals surface area (Å²) in [6, 6.07) is 0.231. The van der Waals surface area contributed by atoms with Crippen molar-refractivity contribution in [3.8, 4) is 0 Å². The Labute approximate surface area is 73.7 Å². The number of carbonyl (C=O) groups excluding carboxylic acids is 1. The van der Waals surface area contributed by atoms with Gasteiger partial charge in [0.25, 0.3) is 0 Å². The first-order valence-electron chi connectivity index (χ1n) is 4.71. The fourth-order valence-corrected chi connectivity index (χ4v) is 1.84. The highest BCUT2D eigenvalue weighted by atomic mass is 16.1. The van der Waals surface area contributed by atoms with Crippen molar-refractivity contribution < 1.29 is 4.79 Å². The lowest BCUT2D eigenvalue weighted by Gasteiger charge is -2.14. The van der Waals surface area contributed by atoms with E-state index in [2.05, 4.69) is 5.32 Å². The van der Waals surface area contributed by atoms with Crippen molar-refractivity contribution in [2.24, 2.45) is 11.7 Å². The molecule has 70 valence electrons. The summed E-state index contributed by atoms with van der Waals surface area (Å²) in [6.07, 6.45) is 5.26. The molecule has 1 aliphatic rings. The predicted molar refractivity (Wildman–Crippen MR) is 48.6 cm³/mol. The van der Waals surface area contributed by atoms with Gasteiger partial charge in [-0.3, -0.25) is 4.79 Å². The Morgan fingerprint density at radius 1 is 1.42 bits per heavy atom. The maximum absolute atomic E-state index is 11.3. The first-order valence-corrected chi connectivity index (χ1v) is 4.71. The lowest BCUT2D eigenvalue weighted by Crippen LogP contribution is -2.31. The van der Waals surface area contributed by atoms with Crippen LogP contribution in [0, 0.1) is 5.92 Å². The van der Waals surface area contributed by atoms with Gasteiger partial charge in [0.15, 0.2) is 0 Å². The number of hydrogen-bond donors (Lipinski definition) is 2. The number of nitrogens with one attached hydrogen (secondary N) is 1. The quantitative estimate of drug-likeness (QED) is 0.567. The Kier molecular flexibility index (Phi) is 3.53. The molecule has 1 amide bonds. The second kappa shape index (κ2) is 4.45. The molecule has 2 unspecified atom stereocenters. The summed E-state index contributed by atoms with van der Waals surface area (Å²) in [7, 11) is 1.69. The van der Waals surface area contributed by atoms with Gasteiger partial charge < -0.3 is 11.1 Å². The van der Waals surface area contributed by atoms with Crippen LogP contribution in [0.4, 0.5) is 0 Å². The van der Waals surface area contributed by atoms with Crippen molar-refractivity contribution in [2.75, 3.05) is 7.05 Å². The highest BCUT2D eigenvalue weighted by molar-refractivity contribution is 5.78. The average Bonchev–Trinajstić information content (AvgIpc) is 2.28. The van der Waals surface area contributed by atoms with Crippen molar-refractivity contribution >= 4 is 5.91 Å². The molecule has 1 aliphatic carbocycles. The van der Waals surface area contributed by atoms with E-state index < -0.39 is 0 Å². The molecule has 0 aliphatic heterocycles. The molecule has 3 N–H and O–H groups in total. The fourth-order valence-electron chi connectivity index (χ4n) is 1.84. The van der Waals surface area contributed by atoms with E-state index in [0.29, 0.717) is 0 Å². The van der Waals surface area contributed by atoms with Gasteiger partial charge in [0.2, 0.25) is 5.91 Å². The third kappa shape index (κ3) is 2.48. The van der Waals surface area contributed by atoms with Gasteiger partial charge in [-0.1, -0.05) is 12.8 Å². The van der Waals surface area contributed by atoms with Crippen LogP contribution in [0.15, 0.2) is 0 Å². The van der Waals surface area contributed by atoms with Crippen LogP contribution in [0.2, 0.25) is 0 Å². The van der Waals surface area contributed by atoms with Crippen LogP contribution in [0.1, 0.15) is 32.1 Å². The zero-order valence-electron chi connectivity index (χ0n) is 7.68. The minimum atomic E-state index is 0.160. The number of rotatable bonds is 1. The van der Waals surface area contributed by atoms with Crippen molar-refractivity contribution in [1.82, 2.24) is 5.32 Å². The molecule has 0 aromatic rings. The maximum atomic E-state index is 11.3. The third-order valence-electron chi connectivity index (χ3n) is 2.58. The third-order valence-corrected chi connectivity index (χ3v) is 2.58. The van der Waals surface area contributed by atoms with Gasteiger partial charge in [-0.25, -0.2) is 0 Å². The molecule has 2 atom stereocenters. The Morgan fingerprint density at radius 3 is 2.75 bits per heavy atom. The summed E-state index contributed by atoms with van der Waals surface area (Å²) < 4.78 is 0. The van der Waals surface area contributed by atoms with Crippen LogP contribution in [0.3, 0.4) is 0 Å². The standard InChI is InChI=1S/C9H18N2O/c1-11-9(12)7-4-2-3-5-8(10)6-7/h7-8H,2-6,10H2,1H3,(H,11,12). The molecule has 0 spiro atoms. The Morgan fingerprint density at radius 2 is 2.08 bits per heavy atom. The van der Waals surface area contributed by atoms with E-state index in [1.54, 1.807) is 7.05 Å². The van der Waals surface area contributed by atoms with E-state index in [1.165, 1.54) is 6.42 Å². The molecule has 0 saturated heterocycles. The predicted octanol–water partition coefficient (Wildman–Crippen LogP) is 0.640. The molecule has 1 fully saturated rings. The first-order chi connectivity index (χ1) is 5.74. The van der Waals surface area contributed by atoms with Crippen molar-refractivity contribution in [2.45, 2.75) is 38.1 Å². The van der Waals surface area contributed by atoms with E-state index in [1.807, 2.05) is 0 Å². The molecular formula is C9H18N2O. The smallest absolute Gasteiger partial charge is 0.222 e. The molecule has 0 aromatic carbocycles. The Bertz CT molecular complexity index is 159. The van der Waals surface area contributed by atoms with Crippen LogP contribution < -0.4 is 11.1 Å². The van der Waals surface area contributed by atoms with Gasteiger partial charge in [0, 0.05) is 19.0 Å². The number of amides is 1. The topological polar surface area (TPSA) is 55.1 Å². The van der Waals surface area contributed by atoms with E-state index in [9.17, 15) is 4.79 Å². The van der Waals surface area contributed by atoms with Crippen molar-refractivity contribution in [3.63, 3.8) is 0 Å². The van der Waals surface area contributed by atoms with Crippen LogP contribution >= 0.6 is 0 Å². The average molecular weight is 170 g/mol. The SMILES string of the molecule is CNC(=O)C1CCCCC(N)C1. The summed E-state index contributed by atoms with van der Waals surface area (Å²) in [5.41, 5.74) is 5.84. The fraction of sp³-hybridized carbons (Fsp3) is 0.889. The zero-order chi connectivity index (χ0) is 8.97. The van der Waals surface area contributed by atoms with Crippen LogP contribution in [0.25, 0.3) is 0 Å². The van der Waals surface area contributed by atoms with E-state index in [4.69, 9.17) is 5.73 Å². The molecule has 0 bridgehead atoms. The molecular weight excluding hydrogens is 152 g/mol. The maximum Gasteiger partial charge on any atom is 0.222 e. The summed E-state index contributed by atoms with van der Waals surface area (Å²) in [4.78, 5) is 11.3. The molecule has 0 radical (unpaired) electrons. The van der Waals surface area contributed by atoms with Crippen LogP contribution in [-0.4, -0.2) is 19.0 Å². The molecule has 3 heteroatoms. The molecule has 12 heavy (non-hydrogen) atoms. The monoisotopic (exact) mass is 170 g/mol. The van der Waals surface area contributed by atoms with Crippen molar-refractivity contribution in [1.29, 1.82) is 0 Å². The molecule has 3 nitrogen and oxygen atoms in total. The number of hydrogen-bond acceptors (Lipinski definition) is 2. The van der Waals surface area contributed by atoms with Gasteiger partial charge in [0.1, 0.15) is 0 Å². The highest BCUT2D eigenvalue weighted by Crippen LogP contribution is 2.22. The lowest BCUT2D eigenvalue weighted by atomic mass is 9.98. The van der Waals surface area contributed by atoms with Gasteiger partial charge in [-0.05, 0) is 19.3 Å². The first kappa shape index (κ1) is 9.52. The zero-order valence-corrected chi connectivity index (χ0v) is 7.68. The van der Waals surface area contributed by atoms with Crippen LogP contribution in [0.5, 0.6) is 0 Å². The Hall–Kier alpha value is -0.570. The van der Waals surface area contributed by atoms with Crippen LogP contribution in [-0.2, 0) is 4.79 Å². The molecule has 1 rings (SSSR count). The van der Waals surface area contributed by atoms with Gasteiger partial charge >= 0.3 is 0 Å². The highest BCUT2D eigenvalue weighted by Gasteiger charge is 2.22. The minimum Gasteiger partial charge on any atom is -0.359 e. The lowest BCUT2D eigenvalue weighted by molar-refractivity contribution is -0.124. The molecule has 0 heterocycles. The Balaban J connectivity index is 2.46. The number of carbonyl (C=O) groups is 1. The normalized spacial score (nSPS) is 30.8. The molecule has 0 aromatic heterocycles. The van der Waals surface area contributed by atoms with Crippen molar-refractivity contribution in [3.05, 3.63) is 0 Å². The second-order valence-electron chi connectivity index (χ2n) is 3.59. The van der Waals surface area contributed by atoms with Gasteiger partial charge in [0.05, 0.1) is 0 Å². The van der Waals surface area contributed by atoms with Gasteiger partial charge in [-0.2, -0.15) is 0 Å². The van der Waals surface area contributed by atoms with E-state index in [-0.39, 0.29) is 17.9 Å². The summed E-state index contributed by atoms with van der Waals surface area (Å²) in [5, 5.41) is 2.69.